The zero-order valence-corrected chi connectivity index (χ0v) is 11.8. The van der Waals surface area contributed by atoms with Gasteiger partial charge in [-0.15, -0.1) is 25.6 Å². The number of nitrogens with two attached hydrogens (primary N) is 1. The number of aryl methyl sites for hydroxylation is 1. The van der Waals surface area contributed by atoms with E-state index in [1.165, 1.54) is 18.2 Å². The van der Waals surface area contributed by atoms with Crippen molar-refractivity contribution in [3.63, 3.8) is 0 Å². The van der Waals surface area contributed by atoms with E-state index in [0.29, 0.717) is 18.7 Å². The molecule has 0 aliphatic carbocycles. The number of rotatable bonds is 5. The third kappa shape index (κ3) is 5.28. The molecule has 0 aliphatic heterocycles. The fourth-order valence-corrected chi connectivity index (χ4v) is 1.76. The minimum Gasteiger partial charge on any atom is -0.406 e. The van der Waals surface area contributed by atoms with Gasteiger partial charge in [0, 0.05) is 18.3 Å². The second kappa shape index (κ2) is 7.33. The van der Waals surface area contributed by atoms with Crippen molar-refractivity contribution in [3.8, 4) is 16.9 Å². The Morgan fingerprint density at radius 2 is 2.00 bits per heavy atom. The summed E-state index contributed by atoms with van der Waals surface area (Å²) in [5.74, 6) is -0.246. The van der Waals surface area contributed by atoms with Crippen LogP contribution in [0.1, 0.15) is 6.42 Å². The Bertz CT molecular complexity index is 572. The number of hydrogen-bond acceptors (Lipinski definition) is 3. The summed E-state index contributed by atoms with van der Waals surface area (Å²) in [5.41, 5.74) is 6.76. The summed E-state index contributed by atoms with van der Waals surface area (Å²) in [6.07, 6.45) is -0.534. The number of benzene rings is 1. The largest absolute Gasteiger partial charge is 0.573 e. The average Bonchev–Trinajstić information content (AvgIpc) is 2.83. The molecule has 1 aromatic heterocycles. The SMILES string of the molecule is Cl.NCCCn1cc(-c2cccc(OC(F)(F)F)c2)cn1. The Balaban J connectivity index is 0.00000220. The molecule has 0 bridgehead atoms. The van der Waals surface area contributed by atoms with Crippen LogP contribution in [0.5, 0.6) is 5.75 Å². The smallest absolute Gasteiger partial charge is 0.406 e. The molecule has 0 fully saturated rings. The summed E-state index contributed by atoms with van der Waals surface area (Å²) < 4.78 is 42.1. The number of ether oxygens (including phenoxy) is 1. The topological polar surface area (TPSA) is 53.1 Å². The van der Waals surface area contributed by atoms with Crippen molar-refractivity contribution in [2.75, 3.05) is 6.54 Å². The average molecular weight is 322 g/mol. The number of aromatic nitrogens is 2. The summed E-state index contributed by atoms with van der Waals surface area (Å²) in [5, 5.41) is 4.13. The van der Waals surface area contributed by atoms with E-state index in [1.807, 2.05) is 0 Å². The summed E-state index contributed by atoms with van der Waals surface area (Å²) >= 11 is 0. The van der Waals surface area contributed by atoms with Crippen LogP contribution in [0.4, 0.5) is 13.2 Å². The van der Waals surface area contributed by atoms with Gasteiger partial charge in [0.25, 0.3) is 0 Å². The van der Waals surface area contributed by atoms with Gasteiger partial charge in [0.1, 0.15) is 5.75 Å². The van der Waals surface area contributed by atoms with Gasteiger partial charge in [-0.05, 0) is 30.7 Å². The van der Waals surface area contributed by atoms with E-state index < -0.39 is 6.36 Å². The molecule has 8 heteroatoms. The first-order valence-electron chi connectivity index (χ1n) is 6.06. The van der Waals surface area contributed by atoms with Crippen LogP contribution in [-0.2, 0) is 6.54 Å². The van der Waals surface area contributed by atoms with Crippen LogP contribution in [0.2, 0.25) is 0 Å². The lowest BCUT2D eigenvalue weighted by molar-refractivity contribution is -0.274. The van der Waals surface area contributed by atoms with Crippen LogP contribution < -0.4 is 10.5 Å². The Kier molecular flexibility index (Phi) is 6.04. The number of halogens is 4. The number of nitrogens with zero attached hydrogens (tertiary/aromatic N) is 2. The van der Waals surface area contributed by atoms with Crippen LogP contribution in [0, 0.1) is 0 Å². The highest BCUT2D eigenvalue weighted by molar-refractivity contribution is 5.85. The van der Waals surface area contributed by atoms with E-state index in [0.717, 1.165) is 12.0 Å². The summed E-state index contributed by atoms with van der Waals surface area (Å²) in [6, 6.07) is 5.80. The van der Waals surface area contributed by atoms with Gasteiger partial charge in [-0.25, -0.2) is 0 Å². The van der Waals surface area contributed by atoms with E-state index in [4.69, 9.17) is 5.73 Å². The van der Waals surface area contributed by atoms with Crippen molar-refractivity contribution in [2.24, 2.45) is 5.73 Å². The minimum atomic E-state index is -4.69. The standard InChI is InChI=1S/C13H14F3N3O.ClH/c14-13(15,16)20-12-4-1-3-10(7-12)11-8-18-19(9-11)6-2-5-17;/h1,3-4,7-9H,2,5-6,17H2;1H. The van der Waals surface area contributed by atoms with Gasteiger partial charge in [-0.3, -0.25) is 4.68 Å². The van der Waals surface area contributed by atoms with Gasteiger partial charge in [0.15, 0.2) is 0 Å². The van der Waals surface area contributed by atoms with Crippen molar-refractivity contribution in [2.45, 2.75) is 19.3 Å². The molecule has 116 valence electrons. The highest BCUT2D eigenvalue weighted by Crippen LogP contribution is 2.27. The maximum atomic E-state index is 12.2. The molecule has 0 aliphatic rings. The first-order chi connectivity index (χ1) is 9.48. The fourth-order valence-electron chi connectivity index (χ4n) is 1.76. The van der Waals surface area contributed by atoms with Crippen molar-refractivity contribution in [1.82, 2.24) is 9.78 Å². The zero-order valence-electron chi connectivity index (χ0n) is 11.0. The lowest BCUT2D eigenvalue weighted by Crippen LogP contribution is -2.17. The lowest BCUT2D eigenvalue weighted by Gasteiger charge is -2.09. The molecular weight excluding hydrogens is 307 g/mol. The first kappa shape index (κ1) is 17.3. The number of alkyl halides is 3. The second-order valence-electron chi connectivity index (χ2n) is 4.21. The molecule has 21 heavy (non-hydrogen) atoms. The molecule has 0 unspecified atom stereocenters. The Morgan fingerprint density at radius 3 is 2.67 bits per heavy atom. The van der Waals surface area contributed by atoms with Crippen molar-refractivity contribution >= 4 is 12.4 Å². The van der Waals surface area contributed by atoms with Crippen LogP contribution in [0.15, 0.2) is 36.7 Å². The molecule has 1 aromatic carbocycles. The molecule has 0 radical (unpaired) electrons. The van der Waals surface area contributed by atoms with Gasteiger partial charge in [0.05, 0.1) is 6.20 Å². The lowest BCUT2D eigenvalue weighted by atomic mass is 10.1. The Morgan fingerprint density at radius 1 is 1.24 bits per heavy atom. The third-order valence-electron chi connectivity index (χ3n) is 2.63. The van der Waals surface area contributed by atoms with Crippen LogP contribution >= 0.6 is 12.4 Å². The zero-order chi connectivity index (χ0) is 14.6. The molecule has 2 aromatic rings. The van der Waals surface area contributed by atoms with Gasteiger partial charge in [-0.1, -0.05) is 12.1 Å². The molecule has 0 atom stereocenters. The molecule has 4 nitrogen and oxygen atoms in total. The molecule has 2 N–H and O–H groups in total. The summed E-state index contributed by atoms with van der Waals surface area (Å²) in [4.78, 5) is 0. The normalized spacial score (nSPS) is 11.0. The Hall–Kier alpha value is -1.73. The quantitative estimate of drug-likeness (QED) is 0.920. The van der Waals surface area contributed by atoms with E-state index >= 15 is 0 Å². The third-order valence-corrected chi connectivity index (χ3v) is 2.63. The van der Waals surface area contributed by atoms with E-state index in [9.17, 15) is 13.2 Å². The predicted molar refractivity (Wildman–Crippen MR) is 75.3 cm³/mol. The second-order valence-corrected chi connectivity index (χ2v) is 4.21. The van der Waals surface area contributed by atoms with Gasteiger partial charge in [0.2, 0.25) is 0 Å². The van der Waals surface area contributed by atoms with Crippen LogP contribution in [-0.4, -0.2) is 22.7 Å². The maximum absolute atomic E-state index is 12.2. The van der Waals surface area contributed by atoms with E-state index in [1.54, 1.807) is 23.1 Å². The van der Waals surface area contributed by atoms with E-state index in [2.05, 4.69) is 9.84 Å². The molecule has 0 saturated carbocycles. The molecule has 0 saturated heterocycles. The highest BCUT2D eigenvalue weighted by atomic mass is 35.5. The molecule has 0 amide bonds. The van der Waals surface area contributed by atoms with Crippen molar-refractivity contribution in [1.29, 1.82) is 0 Å². The monoisotopic (exact) mass is 321 g/mol. The van der Waals surface area contributed by atoms with Crippen LogP contribution in [0.25, 0.3) is 11.1 Å². The van der Waals surface area contributed by atoms with Crippen LogP contribution in [0.3, 0.4) is 0 Å². The minimum absolute atomic E-state index is 0. The maximum Gasteiger partial charge on any atom is 0.573 e. The van der Waals surface area contributed by atoms with E-state index in [-0.39, 0.29) is 18.2 Å². The fraction of sp³-hybridized carbons (Fsp3) is 0.308. The molecule has 0 spiro atoms. The Labute approximate surface area is 126 Å². The van der Waals surface area contributed by atoms with Crippen molar-refractivity contribution < 1.29 is 17.9 Å². The summed E-state index contributed by atoms with van der Waals surface area (Å²) in [6.45, 7) is 1.24. The molecular formula is C13H15ClF3N3O. The molecule has 2 rings (SSSR count). The van der Waals surface area contributed by atoms with Gasteiger partial charge >= 0.3 is 6.36 Å². The molecule has 1 heterocycles. The van der Waals surface area contributed by atoms with Gasteiger partial charge in [-0.2, -0.15) is 5.10 Å². The van der Waals surface area contributed by atoms with Gasteiger partial charge < -0.3 is 10.5 Å². The highest BCUT2D eigenvalue weighted by Gasteiger charge is 2.31. The number of hydrogen-bond donors (Lipinski definition) is 1. The first-order valence-corrected chi connectivity index (χ1v) is 6.06. The van der Waals surface area contributed by atoms with Crippen molar-refractivity contribution in [3.05, 3.63) is 36.7 Å². The summed E-state index contributed by atoms with van der Waals surface area (Å²) in [7, 11) is 0. The predicted octanol–water partition coefficient (Wildman–Crippen LogP) is 3.22.